The van der Waals surface area contributed by atoms with Crippen LogP contribution in [-0.2, 0) is 13.5 Å². The fourth-order valence-electron chi connectivity index (χ4n) is 2.86. The number of carbonyl (C=O) groups is 1. The number of aromatic nitrogens is 2. The molecular weight excluding hydrogens is 314 g/mol. The Labute approximate surface area is 150 Å². The Morgan fingerprint density at radius 3 is 2.68 bits per heavy atom. The van der Waals surface area contributed by atoms with Crippen LogP contribution in [0.2, 0.25) is 0 Å². The Morgan fingerprint density at radius 1 is 1.36 bits per heavy atom. The maximum Gasteiger partial charge on any atom is 0.319 e. The number of hydrogen-bond acceptors (Lipinski definition) is 3. The third-order valence-electron chi connectivity index (χ3n) is 4.57. The molecule has 0 saturated carbocycles. The Bertz CT molecular complexity index is 737. The minimum absolute atomic E-state index is 0.0168. The maximum atomic E-state index is 12.3. The molecule has 0 aliphatic heterocycles. The molecular formula is C19H29N5O. The van der Waals surface area contributed by atoms with Crippen LogP contribution in [0.1, 0.15) is 30.8 Å². The minimum Gasteiger partial charge on any atom is -0.375 e. The van der Waals surface area contributed by atoms with Gasteiger partial charge in [0.05, 0.1) is 5.69 Å². The average Bonchev–Trinajstić information content (AvgIpc) is 2.80. The van der Waals surface area contributed by atoms with Gasteiger partial charge in [-0.2, -0.15) is 5.10 Å². The molecule has 136 valence electrons. The first kappa shape index (κ1) is 18.8. The number of hydrogen-bond donors (Lipinski definition) is 2. The summed E-state index contributed by atoms with van der Waals surface area (Å²) in [7, 11) is 3.97. The van der Waals surface area contributed by atoms with E-state index in [4.69, 9.17) is 0 Å². The van der Waals surface area contributed by atoms with Gasteiger partial charge in [0.15, 0.2) is 0 Å². The van der Waals surface area contributed by atoms with Gasteiger partial charge in [0.1, 0.15) is 0 Å². The number of urea groups is 1. The summed E-state index contributed by atoms with van der Waals surface area (Å²) in [6.45, 7) is 9.07. The van der Waals surface area contributed by atoms with Crippen molar-refractivity contribution < 1.29 is 4.79 Å². The molecule has 25 heavy (non-hydrogen) atoms. The van der Waals surface area contributed by atoms with E-state index in [0.717, 1.165) is 35.7 Å². The molecule has 1 atom stereocenters. The number of aryl methyl sites for hydroxylation is 2. The van der Waals surface area contributed by atoms with E-state index in [9.17, 15) is 4.79 Å². The SMILES string of the molecule is CCN(C)c1cccc(NC(=O)NC(C)Cc2c(C)nn(C)c2C)c1. The normalized spacial score (nSPS) is 11.9. The first-order chi connectivity index (χ1) is 11.8. The van der Waals surface area contributed by atoms with Crippen LogP contribution < -0.4 is 15.5 Å². The van der Waals surface area contributed by atoms with Crippen molar-refractivity contribution in [1.29, 1.82) is 0 Å². The molecule has 0 fully saturated rings. The minimum atomic E-state index is -0.192. The predicted octanol–water partition coefficient (Wildman–Crippen LogP) is 3.25. The topological polar surface area (TPSA) is 62.2 Å². The molecule has 0 aliphatic carbocycles. The van der Waals surface area contributed by atoms with Crippen LogP contribution in [0.3, 0.4) is 0 Å². The predicted molar refractivity (Wildman–Crippen MR) is 103 cm³/mol. The lowest BCUT2D eigenvalue weighted by Gasteiger charge is -2.18. The summed E-state index contributed by atoms with van der Waals surface area (Å²) >= 11 is 0. The highest BCUT2D eigenvalue weighted by molar-refractivity contribution is 5.90. The first-order valence-corrected chi connectivity index (χ1v) is 8.69. The summed E-state index contributed by atoms with van der Waals surface area (Å²) in [6, 6.07) is 7.67. The van der Waals surface area contributed by atoms with Crippen LogP contribution in [0.5, 0.6) is 0 Å². The van der Waals surface area contributed by atoms with E-state index in [-0.39, 0.29) is 12.1 Å². The Balaban J connectivity index is 1.95. The van der Waals surface area contributed by atoms with E-state index in [0.29, 0.717) is 0 Å². The zero-order chi connectivity index (χ0) is 18.6. The van der Waals surface area contributed by atoms with Gasteiger partial charge >= 0.3 is 6.03 Å². The number of rotatable bonds is 6. The molecule has 0 spiro atoms. The second-order valence-electron chi connectivity index (χ2n) is 6.54. The van der Waals surface area contributed by atoms with E-state index in [1.807, 2.05) is 56.9 Å². The van der Waals surface area contributed by atoms with Crippen molar-refractivity contribution in [1.82, 2.24) is 15.1 Å². The van der Waals surface area contributed by atoms with Gasteiger partial charge in [0.2, 0.25) is 0 Å². The smallest absolute Gasteiger partial charge is 0.319 e. The molecule has 2 amide bonds. The molecule has 1 aromatic carbocycles. The second kappa shape index (κ2) is 8.05. The molecule has 2 rings (SSSR count). The third-order valence-corrected chi connectivity index (χ3v) is 4.57. The highest BCUT2D eigenvalue weighted by Gasteiger charge is 2.15. The standard InChI is InChI=1S/C19H29N5O/c1-7-23(5)17-10-8-9-16(12-17)21-19(25)20-13(2)11-18-14(3)22-24(6)15(18)4/h8-10,12-13H,7,11H2,1-6H3,(H2,20,21,25). The lowest BCUT2D eigenvalue weighted by Crippen LogP contribution is -2.37. The maximum absolute atomic E-state index is 12.3. The molecule has 1 aromatic heterocycles. The number of nitrogens with one attached hydrogen (secondary N) is 2. The van der Waals surface area contributed by atoms with Gasteiger partial charge in [-0.3, -0.25) is 4.68 Å². The lowest BCUT2D eigenvalue weighted by molar-refractivity contribution is 0.249. The van der Waals surface area contributed by atoms with Crippen LogP contribution in [0.15, 0.2) is 24.3 Å². The van der Waals surface area contributed by atoms with Crippen LogP contribution >= 0.6 is 0 Å². The molecule has 6 nitrogen and oxygen atoms in total. The van der Waals surface area contributed by atoms with Gasteiger partial charge in [0, 0.05) is 43.8 Å². The Hall–Kier alpha value is -2.50. The van der Waals surface area contributed by atoms with Crippen LogP contribution in [0.4, 0.5) is 16.2 Å². The quantitative estimate of drug-likeness (QED) is 0.846. The Morgan fingerprint density at radius 2 is 2.08 bits per heavy atom. The van der Waals surface area contributed by atoms with E-state index in [1.165, 1.54) is 5.56 Å². The molecule has 0 saturated heterocycles. The van der Waals surface area contributed by atoms with Crippen molar-refractivity contribution in [2.24, 2.45) is 7.05 Å². The van der Waals surface area contributed by atoms with Crippen molar-refractivity contribution in [2.45, 2.75) is 40.2 Å². The molecule has 6 heteroatoms. The van der Waals surface area contributed by atoms with Crippen molar-refractivity contribution in [3.63, 3.8) is 0 Å². The fourth-order valence-corrected chi connectivity index (χ4v) is 2.86. The van der Waals surface area contributed by atoms with Gasteiger partial charge in [-0.15, -0.1) is 0 Å². The fraction of sp³-hybridized carbons (Fsp3) is 0.474. The van der Waals surface area contributed by atoms with Crippen LogP contribution in [-0.4, -0.2) is 35.4 Å². The van der Waals surface area contributed by atoms with Crippen molar-refractivity contribution >= 4 is 17.4 Å². The van der Waals surface area contributed by atoms with Gasteiger partial charge in [-0.1, -0.05) is 6.07 Å². The van der Waals surface area contributed by atoms with Gasteiger partial charge < -0.3 is 15.5 Å². The van der Waals surface area contributed by atoms with Gasteiger partial charge in [-0.25, -0.2) is 4.79 Å². The van der Waals surface area contributed by atoms with E-state index in [1.54, 1.807) is 0 Å². The molecule has 1 unspecified atom stereocenters. The summed E-state index contributed by atoms with van der Waals surface area (Å²) in [4.78, 5) is 14.4. The first-order valence-electron chi connectivity index (χ1n) is 8.69. The van der Waals surface area contributed by atoms with Crippen molar-refractivity contribution in [3.05, 3.63) is 41.2 Å². The van der Waals surface area contributed by atoms with E-state index in [2.05, 4.69) is 34.5 Å². The molecule has 0 aliphatic rings. The summed E-state index contributed by atoms with van der Waals surface area (Å²) < 4.78 is 1.88. The molecule has 0 radical (unpaired) electrons. The number of amides is 2. The zero-order valence-corrected chi connectivity index (χ0v) is 16.1. The van der Waals surface area contributed by atoms with E-state index < -0.39 is 0 Å². The summed E-state index contributed by atoms with van der Waals surface area (Å²) in [5.41, 5.74) is 5.22. The number of benzene rings is 1. The largest absolute Gasteiger partial charge is 0.375 e. The molecule has 1 heterocycles. The van der Waals surface area contributed by atoms with Crippen molar-refractivity contribution in [3.8, 4) is 0 Å². The highest BCUT2D eigenvalue weighted by atomic mass is 16.2. The highest BCUT2D eigenvalue weighted by Crippen LogP contribution is 2.18. The summed E-state index contributed by atoms with van der Waals surface area (Å²) in [6.07, 6.45) is 0.761. The molecule has 2 aromatic rings. The number of anilines is 2. The molecule has 0 bridgehead atoms. The van der Waals surface area contributed by atoms with Crippen LogP contribution in [0.25, 0.3) is 0 Å². The molecule has 2 N–H and O–H groups in total. The summed E-state index contributed by atoms with van der Waals surface area (Å²) in [5, 5.41) is 10.3. The van der Waals surface area contributed by atoms with Gasteiger partial charge in [-0.05, 0) is 57.9 Å². The Kier molecular flexibility index (Phi) is 6.07. The van der Waals surface area contributed by atoms with Crippen molar-refractivity contribution in [2.75, 3.05) is 23.8 Å². The number of carbonyl (C=O) groups excluding carboxylic acids is 1. The third kappa shape index (κ3) is 4.75. The zero-order valence-electron chi connectivity index (χ0n) is 16.1. The second-order valence-corrected chi connectivity index (χ2v) is 6.54. The number of nitrogens with zero attached hydrogens (tertiary/aromatic N) is 3. The lowest BCUT2D eigenvalue weighted by atomic mass is 10.1. The van der Waals surface area contributed by atoms with E-state index >= 15 is 0 Å². The van der Waals surface area contributed by atoms with Gasteiger partial charge in [0.25, 0.3) is 0 Å². The summed E-state index contributed by atoms with van der Waals surface area (Å²) in [5.74, 6) is 0. The van der Waals surface area contributed by atoms with Crippen LogP contribution in [0, 0.1) is 13.8 Å². The monoisotopic (exact) mass is 343 g/mol. The average molecular weight is 343 g/mol.